The molecule has 2 aromatic rings. The second kappa shape index (κ2) is 5.42. The Labute approximate surface area is 118 Å². The average molecular weight is 327 g/mol. The standard InChI is InChI=1S/C13H9BrClNO2/c14-8-5-6-10(15)12(7-8)16-11-4-2-1-3-9(11)13(17)18/h1-7,16H,(H,17,18). The maximum Gasteiger partial charge on any atom is 0.337 e. The molecular formula is C13H9BrClNO2. The van der Waals surface area contributed by atoms with Crippen LogP contribution in [0, 0.1) is 0 Å². The van der Waals surface area contributed by atoms with E-state index in [1.807, 2.05) is 6.07 Å². The monoisotopic (exact) mass is 325 g/mol. The summed E-state index contributed by atoms with van der Waals surface area (Å²) in [6.07, 6.45) is 0. The molecule has 0 heterocycles. The average Bonchev–Trinajstić information content (AvgIpc) is 2.34. The molecule has 0 aliphatic rings. The first-order valence-electron chi connectivity index (χ1n) is 5.12. The second-order valence-electron chi connectivity index (χ2n) is 3.60. The van der Waals surface area contributed by atoms with Crippen molar-refractivity contribution in [3.63, 3.8) is 0 Å². The summed E-state index contributed by atoms with van der Waals surface area (Å²) in [6.45, 7) is 0. The van der Waals surface area contributed by atoms with Crippen LogP contribution in [0.15, 0.2) is 46.9 Å². The second-order valence-corrected chi connectivity index (χ2v) is 4.92. The van der Waals surface area contributed by atoms with Crippen molar-refractivity contribution in [2.75, 3.05) is 5.32 Å². The first-order valence-corrected chi connectivity index (χ1v) is 6.29. The maximum absolute atomic E-state index is 11.1. The molecule has 18 heavy (non-hydrogen) atoms. The zero-order valence-electron chi connectivity index (χ0n) is 9.15. The molecule has 5 heteroatoms. The Kier molecular flexibility index (Phi) is 3.89. The van der Waals surface area contributed by atoms with Crippen molar-refractivity contribution in [2.24, 2.45) is 0 Å². The van der Waals surface area contributed by atoms with Crippen LogP contribution < -0.4 is 5.32 Å². The summed E-state index contributed by atoms with van der Waals surface area (Å²) in [7, 11) is 0. The third-order valence-electron chi connectivity index (χ3n) is 2.36. The van der Waals surface area contributed by atoms with Gasteiger partial charge in [0.15, 0.2) is 0 Å². The predicted molar refractivity (Wildman–Crippen MR) is 75.8 cm³/mol. The third kappa shape index (κ3) is 2.83. The Balaban J connectivity index is 2.40. The van der Waals surface area contributed by atoms with E-state index in [2.05, 4.69) is 21.2 Å². The minimum Gasteiger partial charge on any atom is -0.478 e. The van der Waals surface area contributed by atoms with E-state index in [1.54, 1.807) is 30.3 Å². The van der Waals surface area contributed by atoms with Crippen molar-refractivity contribution in [1.29, 1.82) is 0 Å². The number of hydrogen-bond donors (Lipinski definition) is 2. The Hall–Kier alpha value is -1.52. The Morgan fingerprint density at radius 3 is 2.61 bits per heavy atom. The molecule has 0 saturated carbocycles. The van der Waals surface area contributed by atoms with Gasteiger partial charge in [-0.25, -0.2) is 4.79 Å². The van der Waals surface area contributed by atoms with E-state index in [0.717, 1.165) is 4.47 Å². The molecule has 0 bridgehead atoms. The van der Waals surface area contributed by atoms with E-state index in [9.17, 15) is 4.79 Å². The number of hydrogen-bond acceptors (Lipinski definition) is 2. The highest BCUT2D eigenvalue weighted by molar-refractivity contribution is 9.10. The fourth-order valence-corrected chi connectivity index (χ4v) is 2.04. The van der Waals surface area contributed by atoms with E-state index in [1.165, 1.54) is 6.07 Å². The summed E-state index contributed by atoms with van der Waals surface area (Å²) in [6, 6.07) is 12.0. The number of para-hydroxylation sites is 1. The van der Waals surface area contributed by atoms with Crippen molar-refractivity contribution < 1.29 is 9.90 Å². The van der Waals surface area contributed by atoms with Gasteiger partial charge in [-0.2, -0.15) is 0 Å². The number of nitrogens with one attached hydrogen (secondary N) is 1. The fourth-order valence-electron chi connectivity index (χ4n) is 1.52. The molecule has 0 amide bonds. The molecule has 2 N–H and O–H groups in total. The molecule has 0 aromatic heterocycles. The molecule has 0 saturated heterocycles. The number of carbonyl (C=O) groups is 1. The molecule has 2 aromatic carbocycles. The summed E-state index contributed by atoms with van der Waals surface area (Å²) in [4.78, 5) is 11.1. The lowest BCUT2D eigenvalue weighted by Gasteiger charge is -2.11. The highest BCUT2D eigenvalue weighted by Gasteiger charge is 2.10. The van der Waals surface area contributed by atoms with Gasteiger partial charge in [0, 0.05) is 4.47 Å². The molecule has 0 atom stereocenters. The van der Waals surface area contributed by atoms with Crippen molar-refractivity contribution in [3.8, 4) is 0 Å². The van der Waals surface area contributed by atoms with Crippen molar-refractivity contribution in [2.45, 2.75) is 0 Å². The Morgan fingerprint density at radius 2 is 1.89 bits per heavy atom. The molecule has 0 fully saturated rings. The number of carboxylic acids is 1. The van der Waals surface area contributed by atoms with Gasteiger partial charge in [0.2, 0.25) is 0 Å². The van der Waals surface area contributed by atoms with Crippen molar-refractivity contribution in [1.82, 2.24) is 0 Å². The number of carboxylic acid groups (broad SMARTS) is 1. The lowest BCUT2D eigenvalue weighted by Crippen LogP contribution is -2.02. The van der Waals surface area contributed by atoms with Crippen molar-refractivity contribution in [3.05, 3.63) is 57.5 Å². The smallest absolute Gasteiger partial charge is 0.337 e. The molecule has 0 aliphatic carbocycles. The summed E-state index contributed by atoms with van der Waals surface area (Å²) >= 11 is 9.39. The topological polar surface area (TPSA) is 49.3 Å². The van der Waals surface area contributed by atoms with E-state index in [4.69, 9.17) is 16.7 Å². The lowest BCUT2D eigenvalue weighted by atomic mass is 10.1. The van der Waals surface area contributed by atoms with E-state index >= 15 is 0 Å². The minimum absolute atomic E-state index is 0.202. The van der Waals surface area contributed by atoms with Crippen LogP contribution in [0.1, 0.15) is 10.4 Å². The third-order valence-corrected chi connectivity index (χ3v) is 3.18. The lowest BCUT2D eigenvalue weighted by molar-refractivity contribution is 0.0698. The van der Waals surface area contributed by atoms with Gasteiger partial charge >= 0.3 is 5.97 Å². The zero-order valence-corrected chi connectivity index (χ0v) is 11.5. The maximum atomic E-state index is 11.1. The number of benzene rings is 2. The van der Waals surface area contributed by atoms with Crippen LogP contribution in [0.5, 0.6) is 0 Å². The van der Waals surface area contributed by atoms with Gasteiger partial charge in [-0.3, -0.25) is 0 Å². The van der Waals surface area contributed by atoms with Gasteiger partial charge in [0.25, 0.3) is 0 Å². The van der Waals surface area contributed by atoms with E-state index in [0.29, 0.717) is 16.4 Å². The number of anilines is 2. The normalized spacial score (nSPS) is 10.1. The van der Waals surface area contributed by atoms with Gasteiger partial charge in [-0.1, -0.05) is 39.7 Å². The highest BCUT2D eigenvalue weighted by atomic mass is 79.9. The van der Waals surface area contributed by atoms with Gasteiger partial charge in [0.1, 0.15) is 0 Å². The van der Waals surface area contributed by atoms with Crippen LogP contribution >= 0.6 is 27.5 Å². The van der Waals surface area contributed by atoms with Crippen LogP contribution in [-0.2, 0) is 0 Å². The van der Waals surface area contributed by atoms with Gasteiger partial charge in [-0.05, 0) is 30.3 Å². The van der Waals surface area contributed by atoms with Crippen LogP contribution in [0.2, 0.25) is 5.02 Å². The largest absolute Gasteiger partial charge is 0.478 e. The molecule has 3 nitrogen and oxygen atoms in total. The van der Waals surface area contributed by atoms with E-state index in [-0.39, 0.29) is 5.56 Å². The summed E-state index contributed by atoms with van der Waals surface area (Å²) in [5.41, 5.74) is 1.36. The van der Waals surface area contributed by atoms with Crippen LogP contribution in [-0.4, -0.2) is 11.1 Å². The first kappa shape index (κ1) is 12.9. The van der Waals surface area contributed by atoms with Gasteiger partial charge in [0.05, 0.1) is 22.0 Å². The Morgan fingerprint density at radius 1 is 1.17 bits per heavy atom. The molecule has 92 valence electrons. The summed E-state index contributed by atoms with van der Waals surface area (Å²) < 4.78 is 0.863. The summed E-state index contributed by atoms with van der Waals surface area (Å²) in [5.74, 6) is -0.982. The molecule has 2 rings (SSSR count). The number of rotatable bonds is 3. The van der Waals surface area contributed by atoms with Crippen molar-refractivity contribution >= 4 is 44.9 Å². The molecular weight excluding hydrogens is 318 g/mol. The minimum atomic E-state index is -0.982. The summed E-state index contributed by atoms with van der Waals surface area (Å²) in [5, 5.41) is 12.6. The van der Waals surface area contributed by atoms with E-state index < -0.39 is 5.97 Å². The first-order chi connectivity index (χ1) is 8.58. The molecule has 0 radical (unpaired) electrons. The van der Waals surface area contributed by atoms with Gasteiger partial charge in [-0.15, -0.1) is 0 Å². The molecule has 0 aliphatic heterocycles. The zero-order chi connectivity index (χ0) is 13.1. The number of halogens is 2. The van der Waals surface area contributed by atoms with Crippen LogP contribution in [0.3, 0.4) is 0 Å². The Bertz CT molecular complexity index is 601. The van der Waals surface area contributed by atoms with Gasteiger partial charge < -0.3 is 10.4 Å². The molecule has 0 spiro atoms. The quantitative estimate of drug-likeness (QED) is 0.870. The molecule has 0 unspecified atom stereocenters. The number of aromatic carboxylic acids is 1. The SMILES string of the molecule is O=C(O)c1ccccc1Nc1cc(Br)ccc1Cl. The predicted octanol–water partition coefficient (Wildman–Crippen LogP) is 4.54. The fraction of sp³-hybridized carbons (Fsp3) is 0. The highest BCUT2D eigenvalue weighted by Crippen LogP contribution is 2.29. The van der Waals surface area contributed by atoms with Crippen LogP contribution in [0.4, 0.5) is 11.4 Å². The van der Waals surface area contributed by atoms with Crippen LogP contribution in [0.25, 0.3) is 0 Å².